The Balaban J connectivity index is 4.62. The lowest BCUT2D eigenvalue weighted by molar-refractivity contribution is 0.300. The normalized spacial score (nSPS) is 12.7. The van der Waals surface area contributed by atoms with Crippen molar-refractivity contribution in [1.29, 1.82) is 0 Å². The molecule has 0 atom stereocenters. The third kappa shape index (κ3) is 7.99. The highest BCUT2D eigenvalue weighted by atomic mass is 15.4. The summed E-state index contributed by atoms with van der Waals surface area (Å²) in [6.45, 7) is 11.4. The highest BCUT2D eigenvalue weighted by molar-refractivity contribution is 5.79. The van der Waals surface area contributed by atoms with Crippen molar-refractivity contribution in [2.24, 2.45) is 16.8 Å². The molecule has 0 aliphatic carbocycles. The molecule has 0 saturated carbocycles. The summed E-state index contributed by atoms with van der Waals surface area (Å²) in [5.74, 6) is 6.94. The minimum absolute atomic E-state index is 0.245. The van der Waals surface area contributed by atoms with Crippen molar-refractivity contribution < 1.29 is 0 Å². The number of guanidine groups is 1. The third-order valence-corrected chi connectivity index (χ3v) is 2.21. The van der Waals surface area contributed by atoms with Crippen LogP contribution in [0.5, 0.6) is 0 Å². The van der Waals surface area contributed by atoms with Gasteiger partial charge in [0.25, 0.3) is 0 Å². The molecule has 0 aliphatic heterocycles. The topological polar surface area (TPSA) is 56.9 Å². The van der Waals surface area contributed by atoms with Gasteiger partial charge in [-0.1, -0.05) is 13.8 Å². The van der Waals surface area contributed by atoms with Gasteiger partial charge in [-0.15, -0.1) is 0 Å². The Kier molecular flexibility index (Phi) is 7.91. The van der Waals surface area contributed by atoms with Crippen LogP contribution >= 0.6 is 0 Å². The lowest BCUT2D eigenvalue weighted by Gasteiger charge is -2.29. The average molecular weight is 243 g/mol. The standard InChI is InChI=1S/C12H29N5/c1-10(2)9-17(8-7-16(5)6)12(15-13)14-11(3)4/h10-11H,7-9,13H2,1-6H3,(H,14,15). The zero-order valence-corrected chi connectivity index (χ0v) is 12.2. The number of hydrazine groups is 1. The Labute approximate surface area is 106 Å². The van der Waals surface area contributed by atoms with Crippen LogP contribution in [0, 0.1) is 5.92 Å². The van der Waals surface area contributed by atoms with Gasteiger partial charge in [0.05, 0.1) is 0 Å². The van der Waals surface area contributed by atoms with Crippen LogP contribution in [-0.4, -0.2) is 55.5 Å². The van der Waals surface area contributed by atoms with Gasteiger partial charge in [0, 0.05) is 25.7 Å². The molecule has 0 bridgehead atoms. The van der Waals surface area contributed by atoms with Gasteiger partial charge in [-0.25, -0.2) is 10.8 Å². The molecular weight excluding hydrogens is 214 g/mol. The van der Waals surface area contributed by atoms with E-state index in [0.29, 0.717) is 5.92 Å². The number of hydrogen-bond donors (Lipinski definition) is 2. The number of aliphatic imine (C=N–C) groups is 1. The third-order valence-electron chi connectivity index (χ3n) is 2.21. The summed E-state index contributed by atoms with van der Waals surface area (Å²) in [4.78, 5) is 8.89. The van der Waals surface area contributed by atoms with Crippen molar-refractivity contribution in [2.75, 3.05) is 33.7 Å². The maximum atomic E-state index is 5.57. The van der Waals surface area contributed by atoms with Gasteiger partial charge < -0.3 is 9.80 Å². The molecule has 3 N–H and O–H groups in total. The lowest BCUT2D eigenvalue weighted by atomic mass is 10.2. The van der Waals surface area contributed by atoms with Crippen LogP contribution in [0.15, 0.2) is 4.99 Å². The van der Waals surface area contributed by atoms with Crippen molar-refractivity contribution in [1.82, 2.24) is 15.2 Å². The van der Waals surface area contributed by atoms with E-state index < -0.39 is 0 Å². The van der Waals surface area contributed by atoms with Crippen molar-refractivity contribution >= 4 is 5.96 Å². The van der Waals surface area contributed by atoms with Gasteiger partial charge in [0.2, 0.25) is 5.96 Å². The molecule has 102 valence electrons. The van der Waals surface area contributed by atoms with Crippen LogP contribution in [0.25, 0.3) is 0 Å². The fourth-order valence-electron chi connectivity index (χ4n) is 1.50. The predicted octanol–water partition coefficient (Wildman–Crippen LogP) is 0.734. The van der Waals surface area contributed by atoms with E-state index in [2.05, 4.69) is 62.0 Å². The molecule has 0 unspecified atom stereocenters. The molecule has 5 heteroatoms. The summed E-state index contributed by atoms with van der Waals surface area (Å²) in [6, 6.07) is 0.245. The molecule has 0 rings (SSSR count). The van der Waals surface area contributed by atoms with E-state index in [-0.39, 0.29) is 6.04 Å². The number of hydrogen-bond acceptors (Lipinski definition) is 3. The first-order valence-corrected chi connectivity index (χ1v) is 6.30. The number of nitrogens with one attached hydrogen (secondary N) is 1. The van der Waals surface area contributed by atoms with Crippen LogP contribution in [-0.2, 0) is 0 Å². The van der Waals surface area contributed by atoms with Crippen molar-refractivity contribution in [3.63, 3.8) is 0 Å². The summed E-state index contributed by atoms with van der Waals surface area (Å²) in [5, 5.41) is 0. The number of nitrogens with zero attached hydrogens (tertiary/aromatic N) is 3. The van der Waals surface area contributed by atoms with E-state index in [1.165, 1.54) is 0 Å². The molecule has 17 heavy (non-hydrogen) atoms. The highest BCUT2D eigenvalue weighted by Crippen LogP contribution is 2.01. The van der Waals surface area contributed by atoms with E-state index >= 15 is 0 Å². The average Bonchev–Trinajstić information content (AvgIpc) is 2.20. The monoisotopic (exact) mass is 243 g/mol. The van der Waals surface area contributed by atoms with Crippen LogP contribution in [0.2, 0.25) is 0 Å². The van der Waals surface area contributed by atoms with Gasteiger partial charge in [-0.3, -0.25) is 5.43 Å². The van der Waals surface area contributed by atoms with Crippen molar-refractivity contribution in [3.05, 3.63) is 0 Å². The molecule has 0 saturated heterocycles. The van der Waals surface area contributed by atoms with Gasteiger partial charge in [0.1, 0.15) is 0 Å². The molecule has 0 amide bonds. The minimum Gasteiger partial charge on any atom is -0.340 e. The second-order valence-corrected chi connectivity index (χ2v) is 5.33. The molecule has 0 aromatic heterocycles. The smallest absolute Gasteiger partial charge is 0.208 e. The largest absolute Gasteiger partial charge is 0.340 e. The second kappa shape index (κ2) is 8.31. The molecular formula is C12H29N5. The van der Waals surface area contributed by atoms with Crippen LogP contribution in [0.4, 0.5) is 0 Å². The number of rotatable bonds is 6. The van der Waals surface area contributed by atoms with Crippen molar-refractivity contribution in [3.8, 4) is 0 Å². The maximum Gasteiger partial charge on any atom is 0.208 e. The second-order valence-electron chi connectivity index (χ2n) is 5.33. The number of nitrogens with two attached hydrogens (primary N) is 1. The van der Waals surface area contributed by atoms with E-state index in [9.17, 15) is 0 Å². The van der Waals surface area contributed by atoms with Crippen molar-refractivity contribution in [2.45, 2.75) is 33.7 Å². The first-order valence-electron chi connectivity index (χ1n) is 6.30. The first kappa shape index (κ1) is 16.2. The molecule has 0 heterocycles. The summed E-state index contributed by atoms with van der Waals surface area (Å²) in [7, 11) is 4.14. The van der Waals surface area contributed by atoms with Gasteiger partial charge in [-0.2, -0.15) is 0 Å². The maximum absolute atomic E-state index is 5.57. The molecule has 0 spiro atoms. The van der Waals surface area contributed by atoms with Crippen LogP contribution in [0.1, 0.15) is 27.7 Å². The number of likely N-dealkylation sites (N-methyl/N-ethyl adjacent to an activating group) is 1. The Hall–Kier alpha value is -0.810. The molecule has 0 aromatic rings. The van der Waals surface area contributed by atoms with E-state index in [1.54, 1.807) is 0 Å². The Morgan fingerprint density at radius 1 is 1.18 bits per heavy atom. The van der Waals surface area contributed by atoms with Gasteiger partial charge in [0.15, 0.2) is 0 Å². The Morgan fingerprint density at radius 3 is 2.12 bits per heavy atom. The van der Waals surface area contributed by atoms with E-state index in [4.69, 9.17) is 5.84 Å². The fourth-order valence-corrected chi connectivity index (χ4v) is 1.50. The molecule has 0 aromatic carbocycles. The van der Waals surface area contributed by atoms with Gasteiger partial charge >= 0.3 is 0 Å². The zero-order chi connectivity index (χ0) is 13.4. The van der Waals surface area contributed by atoms with Crippen LogP contribution in [0.3, 0.4) is 0 Å². The molecule has 5 nitrogen and oxygen atoms in total. The molecule has 0 radical (unpaired) electrons. The summed E-state index contributed by atoms with van der Waals surface area (Å²) < 4.78 is 0. The quantitative estimate of drug-likeness (QED) is 0.313. The van der Waals surface area contributed by atoms with E-state index in [0.717, 1.165) is 25.6 Å². The highest BCUT2D eigenvalue weighted by Gasteiger charge is 2.12. The summed E-state index contributed by atoms with van der Waals surface area (Å²) >= 11 is 0. The molecule has 0 fully saturated rings. The summed E-state index contributed by atoms with van der Waals surface area (Å²) in [5.41, 5.74) is 2.72. The Morgan fingerprint density at radius 2 is 1.76 bits per heavy atom. The zero-order valence-electron chi connectivity index (χ0n) is 12.2. The fraction of sp³-hybridized carbons (Fsp3) is 0.917. The Bertz CT molecular complexity index is 223. The SMILES string of the molecule is CC(C)CN(CCN(C)C)C(=NC(C)C)NN. The van der Waals surface area contributed by atoms with E-state index in [1.807, 2.05) is 0 Å². The molecule has 0 aliphatic rings. The first-order chi connectivity index (χ1) is 7.86. The predicted molar refractivity (Wildman–Crippen MR) is 74.9 cm³/mol. The van der Waals surface area contributed by atoms with Crippen LogP contribution < -0.4 is 11.3 Å². The minimum atomic E-state index is 0.245. The lowest BCUT2D eigenvalue weighted by Crippen LogP contribution is -2.48. The van der Waals surface area contributed by atoms with Gasteiger partial charge in [-0.05, 0) is 33.9 Å². The summed E-state index contributed by atoms with van der Waals surface area (Å²) in [6.07, 6.45) is 0.